The summed E-state index contributed by atoms with van der Waals surface area (Å²) in [5.74, 6) is -0.276. The van der Waals surface area contributed by atoms with Crippen LogP contribution in [0.5, 0.6) is 11.5 Å². The first-order valence-electron chi connectivity index (χ1n) is 11.8. The average molecular weight is 581 g/mol. The highest BCUT2D eigenvalue weighted by molar-refractivity contribution is 8.07. The van der Waals surface area contributed by atoms with Gasteiger partial charge in [0.1, 0.15) is 33.4 Å². The highest BCUT2D eigenvalue weighted by Gasteiger charge is 2.18. The number of carbonyl (C=O) groups excluding carboxylic acids is 2. The lowest BCUT2D eigenvalue weighted by Gasteiger charge is -2.13. The van der Waals surface area contributed by atoms with E-state index in [1.54, 1.807) is 50.2 Å². The zero-order valence-electron chi connectivity index (χ0n) is 22.3. The first kappa shape index (κ1) is 31.7. The van der Waals surface area contributed by atoms with Gasteiger partial charge in [0.25, 0.3) is 0 Å². The minimum absolute atomic E-state index is 0.0488. The number of ether oxygens (including phenoxy) is 4. The molecule has 4 N–H and O–H groups in total. The topological polar surface area (TPSA) is 171 Å². The van der Waals surface area contributed by atoms with Crippen LogP contribution in [0.3, 0.4) is 0 Å². The fourth-order valence-corrected chi connectivity index (χ4v) is 5.14. The predicted octanol–water partition coefficient (Wildman–Crippen LogP) is 4.57. The van der Waals surface area contributed by atoms with Gasteiger partial charge in [-0.15, -0.1) is 0 Å². The van der Waals surface area contributed by atoms with Gasteiger partial charge >= 0.3 is 11.9 Å². The van der Waals surface area contributed by atoms with Crippen LogP contribution in [0.1, 0.15) is 25.0 Å². The average Bonchev–Trinajstić information content (AvgIpc) is 2.94. The maximum Gasteiger partial charge on any atom is 0.332 e. The molecule has 10 nitrogen and oxygen atoms in total. The summed E-state index contributed by atoms with van der Waals surface area (Å²) < 4.78 is 20.5. The van der Waals surface area contributed by atoms with Crippen molar-refractivity contribution in [1.82, 2.24) is 0 Å². The number of nitriles is 2. The molecule has 2 aromatic rings. The Morgan fingerprint density at radius 3 is 1.45 bits per heavy atom. The molecule has 40 heavy (non-hydrogen) atoms. The van der Waals surface area contributed by atoms with Crippen molar-refractivity contribution < 1.29 is 28.5 Å². The summed E-state index contributed by atoms with van der Waals surface area (Å²) in [5, 5.41) is 20.1. The summed E-state index contributed by atoms with van der Waals surface area (Å²) >= 11 is 1.96. The number of hydrogen-bond acceptors (Lipinski definition) is 12. The molecule has 0 atom stereocenters. The van der Waals surface area contributed by atoms with Crippen molar-refractivity contribution in [2.75, 3.05) is 27.4 Å². The fourth-order valence-electron chi connectivity index (χ4n) is 3.14. The molecule has 0 unspecified atom stereocenters. The van der Waals surface area contributed by atoms with Crippen molar-refractivity contribution >= 4 is 46.9 Å². The minimum atomic E-state index is -0.616. The van der Waals surface area contributed by atoms with E-state index in [2.05, 4.69) is 12.1 Å². The molecule has 0 aromatic heterocycles. The largest absolute Gasteiger partial charge is 0.497 e. The third kappa shape index (κ3) is 8.76. The van der Waals surface area contributed by atoms with Crippen molar-refractivity contribution in [3.05, 3.63) is 69.5 Å². The third-order valence-electron chi connectivity index (χ3n) is 4.95. The zero-order chi connectivity index (χ0) is 29.7. The Kier molecular flexibility index (Phi) is 12.5. The predicted molar refractivity (Wildman–Crippen MR) is 154 cm³/mol. The third-order valence-corrected chi connectivity index (χ3v) is 7.20. The molecule has 12 heteroatoms. The fraction of sp³-hybridized carbons (Fsp3) is 0.214. The number of thioether (sulfide) groups is 2. The van der Waals surface area contributed by atoms with Gasteiger partial charge < -0.3 is 30.4 Å². The molecule has 0 aliphatic carbocycles. The molecule has 0 saturated carbocycles. The zero-order valence-corrected chi connectivity index (χ0v) is 24.0. The number of esters is 2. The van der Waals surface area contributed by atoms with Crippen molar-refractivity contribution in [3.63, 3.8) is 0 Å². The number of nitrogens with zero attached hydrogens (tertiary/aromatic N) is 2. The maximum absolute atomic E-state index is 12.0. The second-order valence-corrected chi connectivity index (χ2v) is 9.62. The maximum atomic E-state index is 12.0. The second kappa shape index (κ2) is 15.8. The molecular formula is C28H28N4O6S2. The highest BCUT2D eigenvalue weighted by atomic mass is 32.2. The molecule has 0 saturated heterocycles. The van der Waals surface area contributed by atoms with Crippen molar-refractivity contribution in [2.45, 2.75) is 23.6 Å². The van der Waals surface area contributed by atoms with E-state index in [-0.39, 0.29) is 34.4 Å². The molecule has 0 amide bonds. The smallest absolute Gasteiger partial charge is 0.332 e. The van der Waals surface area contributed by atoms with Crippen molar-refractivity contribution in [2.24, 2.45) is 11.5 Å². The Morgan fingerprint density at radius 2 is 1.15 bits per heavy atom. The normalized spacial score (nSPS) is 11.9. The summed E-state index contributed by atoms with van der Waals surface area (Å²) in [6.07, 6.45) is 2.29. The van der Waals surface area contributed by atoms with Gasteiger partial charge in [-0.25, -0.2) is 9.59 Å². The Bertz CT molecular complexity index is 1330. The van der Waals surface area contributed by atoms with E-state index in [0.717, 1.165) is 35.7 Å². The van der Waals surface area contributed by atoms with Crippen LogP contribution in [0.4, 0.5) is 0 Å². The minimum Gasteiger partial charge on any atom is -0.497 e. The van der Waals surface area contributed by atoms with Gasteiger partial charge in [-0.2, -0.15) is 10.5 Å². The summed E-state index contributed by atoms with van der Waals surface area (Å²) in [6.45, 7) is 3.72. The lowest BCUT2D eigenvalue weighted by Crippen LogP contribution is -2.06. The number of rotatable bonds is 12. The molecule has 0 aliphatic rings. The van der Waals surface area contributed by atoms with Crippen LogP contribution in [0, 0.1) is 22.7 Å². The summed E-state index contributed by atoms with van der Waals surface area (Å²) in [4.78, 5) is 25.0. The number of nitrogens with two attached hydrogens (primary N) is 2. The Labute approximate surface area is 241 Å². The van der Waals surface area contributed by atoms with Crippen LogP contribution < -0.4 is 20.9 Å². The number of methoxy groups -OCH3 is 2. The first-order chi connectivity index (χ1) is 19.2. The SMILES string of the molecule is CCOC(=O)/C=C(/N)c1ccc(OC)cc1S/C(C#N)=C(/C#N)Sc1cc(OC)ccc1/C(N)=C\C(=O)OCC. The molecule has 0 fully saturated rings. The molecule has 0 heterocycles. The number of benzene rings is 2. The Hall–Kier alpha value is -4.52. The van der Waals surface area contributed by atoms with E-state index in [0.29, 0.717) is 32.4 Å². The summed E-state index contributed by atoms with van der Waals surface area (Å²) in [5.41, 5.74) is 13.5. The quantitative estimate of drug-likeness (QED) is 0.155. The van der Waals surface area contributed by atoms with Gasteiger partial charge in [0.2, 0.25) is 0 Å². The lowest BCUT2D eigenvalue weighted by molar-refractivity contribution is -0.138. The van der Waals surface area contributed by atoms with Gasteiger partial charge in [0, 0.05) is 44.5 Å². The molecule has 2 rings (SSSR count). The number of carbonyl (C=O) groups is 2. The molecule has 2 aromatic carbocycles. The molecule has 0 aliphatic heterocycles. The van der Waals surface area contributed by atoms with E-state index >= 15 is 0 Å². The summed E-state index contributed by atoms with van der Waals surface area (Å²) in [6, 6.07) is 14.0. The second-order valence-electron chi connectivity index (χ2n) is 7.51. The summed E-state index contributed by atoms with van der Waals surface area (Å²) in [7, 11) is 2.97. The Balaban J connectivity index is 2.60. The van der Waals surface area contributed by atoms with Crippen LogP contribution in [0.15, 0.2) is 68.2 Å². The van der Waals surface area contributed by atoms with Crippen LogP contribution in [0.2, 0.25) is 0 Å². The van der Waals surface area contributed by atoms with E-state index < -0.39 is 11.9 Å². The van der Waals surface area contributed by atoms with Gasteiger partial charge in [-0.3, -0.25) is 0 Å². The van der Waals surface area contributed by atoms with Crippen LogP contribution in [0.25, 0.3) is 11.4 Å². The van der Waals surface area contributed by atoms with Gasteiger partial charge in [0.05, 0.1) is 27.4 Å². The first-order valence-corrected chi connectivity index (χ1v) is 13.4. The van der Waals surface area contributed by atoms with E-state index in [1.165, 1.54) is 14.2 Å². The molecule has 208 valence electrons. The Morgan fingerprint density at radius 1 is 0.775 bits per heavy atom. The molecular weight excluding hydrogens is 552 g/mol. The van der Waals surface area contributed by atoms with Crippen molar-refractivity contribution in [3.8, 4) is 23.6 Å². The van der Waals surface area contributed by atoms with E-state index in [9.17, 15) is 20.1 Å². The lowest BCUT2D eigenvalue weighted by atomic mass is 10.1. The van der Waals surface area contributed by atoms with Gasteiger partial charge in [-0.05, 0) is 50.2 Å². The molecule has 0 radical (unpaired) electrons. The standard InChI is InChI=1S/C28H28N4O6S2/c1-5-37-27(33)13-21(31)19-9-7-17(35-3)11-23(19)39-25(15-29)26(16-30)40-24-12-18(36-4)8-10-20(24)22(32)14-28(34)38-6-2/h7-14H,5-6,31-32H2,1-4H3/b21-13+,22-14+,26-25-. The van der Waals surface area contributed by atoms with E-state index in [4.69, 9.17) is 30.4 Å². The van der Waals surface area contributed by atoms with E-state index in [1.807, 2.05) is 0 Å². The van der Waals surface area contributed by atoms with Gasteiger partial charge in [-0.1, -0.05) is 23.5 Å². The molecule has 0 bridgehead atoms. The molecule has 0 spiro atoms. The van der Waals surface area contributed by atoms with Gasteiger partial charge in [0.15, 0.2) is 0 Å². The number of allylic oxidation sites excluding steroid dienone is 2. The van der Waals surface area contributed by atoms with Crippen LogP contribution in [-0.2, 0) is 19.1 Å². The highest BCUT2D eigenvalue weighted by Crippen LogP contribution is 2.41. The monoisotopic (exact) mass is 580 g/mol. The number of hydrogen-bond donors (Lipinski definition) is 2. The van der Waals surface area contributed by atoms with Crippen LogP contribution in [-0.4, -0.2) is 39.4 Å². The van der Waals surface area contributed by atoms with Crippen LogP contribution >= 0.6 is 23.5 Å². The van der Waals surface area contributed by atoms with Crippen molar-refractivity contribution in [1.29, 1.82) is 10.5 Å².